The number of rotatable bonds is 18. The molecule has 0 aliphatic heterocycles. The summed E-state index contributed by atoms with van der Waals surface area (Å²) < 4.78 is 5.83. The molecule has 3 amide bonds. The van der Waals surface area contributed by atoms with E-state index < -0.39 is 23.4 Å². The van der Waals surface area contributed by atoms with Gasteiger partial charge < -0.3 is 20.7 Å². The zero-order valence-corrected chi connectivity index (χ0v) is 30.2. The predicted octanol–water partition coefficient (Wildman–Crippen LogP) is 6.12. The van der Waals surface area contributed by atoms with Gasteiger partial charge in [0.15, 0.2) is 5.78 Å². The lowest BCUT2D eigenvalue weighted by atomic mass is 9.77. The van der Waals surface area contributed by atoms with Gasteiger partial charge >= 0.3 is 5.97 Å². The van der Waals surface area contributed by atoms with Gasteiger partial charge in [0.25, 0.3) is 0 Å². The van der Waals surface area contributed by atoms with Crippen LogP contribution in [-0.4, -0.2) is 54.2 Å². The van der Waals surface area contributed by atoms with Crippen molar-refractivity contribution >= 4 is 29.5 Å². The van der Waals surface area contributed by atoms with Crippen molar-refractivity contribution in [1.82, 2.24) is 16.0 Å². The summed E-state index contributed by atoms with van der Waals surface area (Å²) in [6.07, 6.45) is 4.41. The summed E-state index contributed by atoms with van der Waals surface area (Å²) in [4.78, 5) is 63.4. The molecule has 3 N–H and O–H groups in total. The van der Waals surface area contributed by atoms with Gasteiger partial charge in [0, 0.05) is 25.3 Å². The normalized spacial score (nSPS) is 14.5. The van der Waals surface area contributed by atoms with Crippen LogP contribution < -0.4 is 16.0 Å². The van der Waals surface area contributed by atoms with Crippen LogP contribution in [0.15, 0.2) is 0 Å². The maximum Gasteiger partial charge on any atom is 0.309 e. The molecule has 256 valence electrons. The van der Waals surface area contributed by atoms with Gasteiger partial charge in [-0.2, -0.15) is 0 Å². The number of hydrogen-bond acceptors (Lipinski definition) is 6. The minimum atomic E-state index is -0.782. The molecule has 0 rings (SSSR count). The number of Topliss-reactive ketones (excluding diaryl/α,β-unsaturated/α-hetero) is 1. The van der Waals surface area contributed by atoms with Gasteiger partial charge in [0.05, 0.1) is 18.1 Å². The molecule has 0 aliphatic carbocycles. The van der Waals surface area contributed by atoms with E-state index in [1.54, 1.807) is 0 Å². The average Bonchev–Trinajstić information content (AvgIpc) is 2.83. The molecule has 1 unspecified atom stereocenters. The van der Waals surface area contributed by atoms with Gasteiger partial charge in [-0.3, -0.25) is 24.0 Å². The van der Waals surface area contributed by atoms with Gasteiger partial charge in [-0.25, -0.2) is 0 Å². The molecule has 0 aromatic rings. The smallest absolute Gasteiger partial charge is 0.309 e. The summed E-state index contributed by atoms with van der Waals surface area (Å²) in [6.45, 7) is 25.7. The minimum Gasteiger partial charge on any atom is -0.462 e. The first-order valence-electron chi connectivity index (χ1n) is 16.5. The van der Waals surface area contributed by atoms with Crippen molar-refractivity contribution in [3.63, 3.8) is 0 Å². The molecule has 44 heavy (non-hydrogen) atoms. The van der Waals surface area contributed by atoms with Crippen molar-refractivity contribution in [1.29, 1.82) is 0 Å². The van der Waals surface area contributed by atoms with Crippen LogP contribution in [0.1, 0.15) is 141 Å². The second-order valence-electron chi connectivity index (χ2n) is 16.3. The van der Waals surface area contributed by atoms with Gasteiger partial charge in [-0.05, 0) is 68.6 Å². The quantitative estimate of drug-likeness (QED) is 0.124. The molecule has 0 saturated heterocycles. The maximum atomic E-state index is 13.3. The number of carbonyl (C=O) groups excluding carboxylic acids is 5. The first kappa shape index (κ1) is 41.5. The molecule has 0 aliphatic rings. The molecule has 0 aromatic carbocycles. The lowest BCUT2D eigenvalue weighted by Crippen LogP contribution is -2.55. The molecule has 9 nitrogen and oxygen atoms in total. The Morgan fingerprint density at radius 3 is 1.73 bits per heavy atom. The highest BCUT2D eigenvalue weighted by Gasteiger charge is 2.34. The van der Waals surface area contributed by atoms with E-state index in [-0.39, 0.29) is 58.8 Å². The zero-order valence-electron chi connectivity index (χ0n) is 30.2. The average molecular weight is 624 g/mol. The molecule has 0 radical (unpaired) electrons. The third-order valence-corrected chi connectivity index (χ3v) is 7.31. The molecule has 0 fully saturated rings. The lowest BCUT2D eigenvalue weighted by Gasteiger charge is -2.30. The predicted molar refractivity (Wildman–Crippen MR) is 177 cm³/mol. The fourth-order valence-corrected chi connectivity index (χ4v) is 5.19. The molecule has 3 atom stereocenters. The molecule has 0 aromatic heterocycles. The van der Waals surface area contributed by atoms with Crippen molar-refractivity contribution < 1.29 is 28.7 Å². The van der Waals surface area contributed by atoms with Crippen LogP contribution in [0.5, 0.6) is 0 Å². The Morgan fingerprint density at radius 1 is 0.727 bits per heavy atom. The summed E-state index contributed by atoms with van der Waals surface area (Å²) in [5.41, 5.74) is -0.617. The maximum absolute atomic E-state index is 13.3. The number of nitrogens with one attached hydrogen (secondary N) is 3. The highest BCUT2D eigenvalue weighted by atomic mass is 16.5. The fraction of sp³-hybridized carbons (Fsp3) is 0.857. The van der Waals surface area contributed by atoms with Crippen LogP contribution in [0.25, 0.3) is 0 Å². The summed E-state index contributed by atoms with van der Waals surface area (Å²) in [6, 6.07) is -1.50. The second-order valence-corrected chi connectivity index (χ2v) is 16.3. The molecule has 0 bridgehead atoms. The van der Waals surface area contributed by atoms with Crippen LogP contribution >= 0.6 is 0 Å². The molecule has 0 heterocycles. The monoisotopic (exact) mass is 623 g/mol. The molecule has 0 saturated carbocycles. The number of hydrogen-bond donors (Lipinski definition) is 3. The standard InChI is InChI=1S/C35H65N3O6/c1-23(2)29(31(42)37-27(30(41)35(11,12)13)18-16-20-36-25(4)39)38-28(40)19-15-14-17-24(3)44-32(43)26(21-33(5,6)7)22-34(8,9)10/h23-24,26-27,29H,14-22H2,1-13H3,(H,36,39)(H,37,42)(H,38,40)/t24?,27-,29-/m0/s1. The number of unbranched alkanes of at least 4 members (excludes halogenated alkanes) is 1. The molecular weight excluding hydrogens is 558 g/mol. The lowest BCUT2D eigenvalue weighted by molar-refractivity contribution is -0.156. The highest BCUT2D eigenvalue weighted by Crippen LogP contribution is 2.34. The Morgan fingerprint density at radius 2 is 1.27 bits per heavy atom. The number of amides is 3. The van der Waals surface area contributed by atoms with E-state index in [0.29, 0.717) is 38.6 Å². The summed E-state index contributed by atoms with van der Waals surface area (Å²) in [5, 5.41) is 8.44. The Hall–Kier alpha value is -2.45. The second kappa shape index (κ2) is 18.5. The third-order valence-electron chi connectivity index (χ3n) is 7.31. The number of carbonyl (C=O) groups is 5. The van der Waals surface area contributed by atoms with Gasteiger partial charge in [0.2, 0.25) is 17.7 Å². The zero-order chi connectivity index (χ0) is 34.5. The Balaban J connectivity index is 5.01. The van der Waals surface area contributed by atoms with E-state index in [2.05, 4.69) is 57.5 Å². The highest BCUT2D eigenvalue weighted by molar-refractivity contribution is 5.95. The van der Waals surface area contributed by atoms with Gasteiger partial charge in [0.1, 0.15) is 6.04 Å². The Bertz CT molecular complexity index is 924. The topological polar surface area (TPSA) is 131 Å². The van der Waals surface area contributed by atoms with E-state index in [1.807, 2.05) is 41.5 Å². The van der Waals surface area contributed by atoms with E-state index >= 15 is 0 Å². The SMILES string of the molecule is CC(=O)NCCC[C@H](NC(=O)[C@@H](NC(=O)CCCCC(C)OC(=O)C(CC(C)(C)C)CC(C)(C)C)C(C)C)C(=O)C(C)(C)C. The van der Waals surface area contributed by atoms with Crippen molar-refractivity contribution in [2.45, 2.75) is 160 Å². The van der Waals surface area contributed by atoms with Crippen molar-refractivity contribution in [2.24, 2.45) is 28.1 Å². The summed E-state index contributed by atoms with van der Waals surface area (Å²) in [5.74, 6) is -1.36. The first-order valence-corrected chi connectivity index (χ1v) is 16.5. The van der Waals surface area contributed by atoms with Crippen molar-refractivity contribution in [3.8, 4) is 0 Å². The van der Waals surface area contributed by atoms with Crippen LogP contribution in [0, 0.1) is 28.1 Å². The van der Waals surface area contributed by atoms with Crippen molar-refractivity contribution in [3.05, 3.63) is 0 Å². The fourth-order valence-electron chi connectivity index (χ4n) is 5.19. The largest absolute Gasteiger partial charge is 0.462 e. The van der Waals surface area contributed by atoms with E-state index in [0.717, 1.165) is 12.8 Å². The number of ether oxygens (including phenoxy) is 1. The van der Waals surface area contributed by atoms with E-state index in [9.17, 15) is 24.0 Å². The number of esters is 1. The Labute approximate surface area is 268 Å². The third kappa shape index (κ3) is 19.0. The van der Waals surface area contributed by atoms with Crippen LogP contribution in [0.4, 0.5) is 0 Å². The number of ketones is 1. The minimum absolute atomic E-state index is 0.0209. The summed E-state index contributed by atoms with van der Waals surface area (Å²) in [7, 11) is 0. The molecule has 0 spiro atoms. The van der Waals surface area contributed by atoms with E-state index in [1.165, 1.54) is 6.92 Å². The van der Waals surface area contributed by atoms with E-state index in [4.69, 9.17) is 4.74 Å². The van der Waals surface area contributed by atoms with Crippen LogP contribution in [0.3, 0.4) is 0 Å². The van der Waals surface area contributed by atoms with Gasteiger partial charge in [-0.1, -0.05) is 76.2 Å². The summed E-state index contributed by atoms with van der Waals surface area (Å²) >= 11 is 0. The molecule has 9 heteroatoms. The van der Waals surface area contributed by atoms with Gasteiger partial charge in [-0.15, -0.1) is 0 Å². The Kier molecular flexibility index (Phi) is 17.5. The van der Waals surface area contributed by atoms with Crippen LogP contribution in [0.2, 0.25) is 0 Å². The molecular formula is C35H65N3O6. The van der Waals surface area contributed by atoms with Crippen LogP contribution in [-0.2, 0) is 28.7 Å². The van der Waals surface area contributed by atoms with Crippen molar-refractivity contribution in [2.75, 3.05) is 6.54 Å². The first-order chi connectivity index (χ1) is 19.9.